The minimum atomic E-state index is 0.208. The monoisotopic (exact) mass is 375 g/mol. The molecule has 0 unspecified atom stereocenters. The second kappa shape index (κ2) is 8.02. The third-order valence-corrected chi connectivity index (χ3v) is 5.98. The van der Waals surface area contributed by atoms with Crippen LogP contribution in [0.3, 0.4) is 0 Å². The molecule has 0 spiro atoms. The Balaban J connectivity index is 1.75. The molecule has 1 fully saturated rings. The maximum atomic E-state index is 12.0. The van der Waals surface area contributed by atoms with E-state index < -0.39 is 0 Å². The number of pyridine rings is 1. The third-order valence-electron chi connectivity index (χ3n) is 5.98. The third kappa shape index (κ3) is 3.35. The van der Waals surface area contributed by atoms with Crippen molar-refractivity contribution in [2.75, 3.05) is 31.1 Å². The fourth-order valence-electron chi connectivity index (χ4n) is 4.47. The van der Waals surface area contributed by atoms with E-state index in [2.05, 4.69) is 40.2 Å². The van der Waals surface area contributed by atoms with Crippen LogP contribution in [-0.2, 0) is 17.6 Å². The van der Waals surface area contributed by atoms with Gasteiger partial charge in [-0.25, -0.2) is 4.98 Å². The van der Waals surface area contributed by atoms with Crippen LogP contribution in [-0.4, -0.2) is 37.0 Å². The molecule has 1 N–H and O–H groups in total. The molecule has 4 rings (SSSR count). The van der Waals surface area contributed by atoms with Crippen LogP contribution in [0.2, 0.25) is 0 Å². The molecule has 1 aliphatic carbocycles. The number of aromatic amines is 1. The number of aromatic nitrogens is 1. The summed E-state index contributed by atoms with van der Waals surface area (Å²) >= 11 is 0. The number of H-pyrrole nitrogens is 1. The number of amides is 1. The van der Waals surface area contributed by atoms with Crippen LogP contribution in [0.25, 0.3) is 11.3 Å². The van der Waals surface area contributed by atoms with Crippen molar-refractivity contribution in [3.05, 3.63) is 47.0 Å². The number of nitriles is 1. The van der Waals surface area contributed by atoms with E-state index in [0.29, 0.717) is 19.5 Å². The number of carbonyl (C=O) groups is 1. The number of anilines is 1. The lowest BCUT2D eigenvalue weighted by Gasteiger charge is -2.32. The highest BCUT2D eigenvalue weighted by atomic mass is 16.2. The summed E-state index contributed by atoms with van der Waals surface area (Å²) in [4.78, 5) is 19.8. The molecule has 1 saturated heterocycles. The van der Waals surface area contributed by atoms with Gasteiger partial charge in [-0.05, 0) is 31.2 Å². The zero-order valence-electron chi connectivity index (χ0n) is 16.5. The number of benzene rings is 1. The highest BCUT2D eigenvalue weighted by Crippen LogP contribution is 2.34. The standard InChI is InChI=1S/C23H26N4O/c1-2-21(28)26-12-14-27(15-13-26)23-20(16-24)18-10-6-7-11-19(18)22(25-23)17-8-4-3-5-9-17/h3-5,8-9H,2,6-7,10-15H2,1H3/p+1. The highest BCUT2D eigenvalue weighted by Gasteiger charge is 2.32. The first-order valence-corrected chi connectivity index (χ1v) is 10.3. The van der Waals surface area contributed by atoms with Crippen molar-refractivity contribution in [3.8, 4) is 17.3 Å². The van der Waals surface area contributed by atoms with Crippen molar-refractivity contribution in [3.63, 3.8) is 0 Å². The van der Waals surface area contributed by atoms with Gasteiger partial charge >= 0.3 is 0 Å². The first-order valence-electron chi connectivity index (χ1n) is 10.3. The number of piperazine rings is 1. The van der Waals surface area contributed by atoms with E-state index >= 15 is 0 Å². The second-order valence-corrected chi connectivity index (χ2v) is 7.59. The summed E-state index contributed by atoms with van der Waals surface area (Å²) in [6, 6.07) is 12.9. The quantitative estimate of drug-likeness (QED) is 0.829. The van der Waals surface area contributed by atoms with Crippen LogP contribution in [0.4, 0.5) is 5.82 Å². The maximum absolute atomic E-state index is 12.0. The molecule has 1 amide bonds. The van der Waals surface area contributed by atoms with Gasteiger partial charge in [0.2, 0.25) is 5.91 Å². The fourth-order valence-corrected chi connectivity index (χ4v) is 4.47. The number of fused-ring (bicyclic) bond motifs is 1. The Kier molecular flexibility index (Phi) is 5.29. The van der Waals surface area contributed by atoms with Crippen LogP contribution in [0.15, 0.2) is 30.3 Å². The number of nitrogens with one attached hydrogen (secondary N) is 1. The largest absolute Gasteiger partial charge is 0.335 e. The lowest BCUT2D eigenvalue weighted by atomic mass is 9.86. The zero-order valence-corrected chi connectivity index (χ0v) is 16.5. The molecule has 28 heavy (non-hydrogen) atoms. The Hall–Kier alpha value is -2.87. The summed E-state index contributed by atoms with van der Waals surface area (Å²) in [5.41, 5.74) is 5.64. The number of hydrogen-bond acceptors (Lipinski definition) is 3. The van der Waals surface area contributed by atoms with Gasteiger partial charge in [-0.15, -0.1) is 0 Å². The number of carbonyl (C=O) groups excluding carboxylic acids is 1. The van der Waals surface area contributed by atoms with Crippen LogP contribution in [0.5, 0.6) is 0 Å². The molecule has 1 aromatic carbocycles. The topological polar surface area (TPSA) is 61.5 Å². The predicted molar refractivity (Wildman–Crippen MR) is 109 cm³/mol. The maximum Gasteiger partial charge on any atom is 0.293 e. The molecule has 5 heteroatoms. The van der Waals surface area contributed by atoms with Gasteiger partial charge in [0, 0.05) is 17.5 Å². The van der Waals surface area contributed by atoms with Crippen molar-refractivity contribution >= 4 is 11.7 Å². The van der Waals surface area contributed by atoms with Crippen molar-refractivity contribution in [1.82, 2.24) is 4.90 Å². The second-order valence-electron chi connectivity index (χ2n) is 7.59. The van der Waals surface area contributed by atoms with E-state index in [9.17, 15) is 10.1 Å². The van der Waals surface area contributed by atoms with Gasteiger partial charge in [-0.2, -0.15) is 5.26 Å². The van der Waals surface area contributed by atoms with Crippen LogP contribution < -0.4 is 9.88 Å². The summed E-state index contributed by atoms with van der Waals surface area (Å²) in [6.45, 7) is 4.84. The molecule has 144 valence electrons. The smallest absolute Gasteiger partial charge is 0.293 e. The van der Waals surface area contributed by atoms with Crippen molar-refractivity contribution < 1.29 is 9.78 Å². The molecule has 2 aromatic rings. The first kappa shape index (κ1) is 18.5. The molecule has 2 aliphatic rings. The Morgan fingerprint density at radius 2 is 1.75 bits per heavy atom. The van der Waals surface area contributed by atoms with E-state index in [0.717, 1.165) is 49.4 Å². The van der Waals surface area contributed by atoms with Crippen LogP contribution in [0.1, 0.15) is 42.9 Å². The molecule has 2 heterocycles. The molecule has 0 saturated carbocycles. The van der Waals surface area contributed by atoms with Gasteiger partial charge in [0.05, 0.1) is 13.1 Å². The van der Waals surface area contributed by atoms with Crippen LogP contribution in [0, 0.1) is 11.3 Å². The van der Waals surface area contributed by atoms with Gasteiger partial charge in [0.15, 0.2) is 0 Å². The molecule has 0 atom stereocenters. The van der Waals surface area contributed by atoms with Crippen molar-refractivity contribution in [2.45, 2.75) is 39.0 Å². The minimum absolute atomic E-state index is 0.208. The van der Waals surface area contributed by atoms with Gasteiger partial charge < -0.3 is 4.90 Å². The summed E-state index contributed by atoms with van der Waals surface area (Å²) in [7, 11) is 0. The number of nitrogens with zero attached hydrogens (tertiary/aromatic N) is 3. The summed E-state index contributed by atoms with van der Waals surface area (Å²) in [5.74, 6) is 1.13. The van der Waals surface area contributed by atoms with E-state index in [1.807, 2.05) is 17.9 Å². The Morgan fingerprint density at radius 1 is 1.07 bits per heavy atom. The number of hydrogen-bond donors (Lipinski definition) is 0. The normalized spacial score (nSPS) is 16.4. The van der Waals surface area contributed by atoms with E-state index in [1.54, 1.807) is 0 Å². The summed E-state index contributed by atoms with van der Waals surface area (Å²) in [5, 5.41) is 9.98. The zero-order chi connectivity index (χ0) is 19.5. The lowest BCUT2D eigenvalue weighted by Crippen LogP contribution is -2.50. The molecule has 1 aliphatic heterocycles. The average Bonchev–Trinajstić information content (AvgIpc) is 2.78. The van der Waals surface area contributed by atoms with E-state index in [-0.39, 0.29) is 5.91 Å². The predicted octanol–water partition coefficient (Wildman–Crippen LogP) is 2.98. The fraction of sp³-hybridized carbons (Fsp3) is 0.435. The minimum Gasteiger partial charge on any atom is -0.335 e. The Labute approximate surface area is 166 Å². The SMILES string of the molecule is CCC(=O)N1CCN(c2[nH+]c(-c3ccccc3)c3c(c2C#N)CCCC3)CC1. The molecule has 0 radical (unpaired) electrons. The van der Waals surface area contributed by atoms with Gasteiger partial charge in [-0.1, -0.05) is 37.3 Å². The van der Waals surface area contributed by atoms with Crippen LogP contribution >= 0.6 is 0 Å². The van der Waals surface area contributed by atoms with Crippen molar-refractivity contribution in [2.24, 2.45) is 0 Å². The molecule has 1 aromatic heterocycles. The van der Waals surface area contributed by atoms with Gasteiger partial charge in [0.1, 0.15) is 30.4 Å². The van der Waals surface area contributed by atoms with Crippen molar-refractivity contribution in [1.29, 1.82) is 5.26 Å². The van der Waals surface area contributed by atoms with E-state index in [4.69, 9.17) is 0 Å². The molecular weight excluding hydrogens is 348 g/mol. The average molecular weight is 375 g/mol. The Bertz CT molecular complexity index is 908. The molecule has 5 nitrogen and oxygen atoms in total. The Morgan fingerprint density at radius 3 is 2.39 bits per heavy atom. The lowest BCUT2D eigenvalue weighted by molar-refractivity contribution is -0.352. The number of rotatable bonds is 3. The van der Waals surface area contributed by atoms with Gasteiger partial charge in [-0.3, -0.25) is 9.69 Å². The molecular formula is C23H27N4O+. The van der Waals surface area contributed by atoms with E-state index in [1.165, 1.54) is 23.1 Å². The first-order chi connectivity index (χ1) is 13.7. The van der Waals surface area contributed by atoms with Gasteiger partial charge in [0.25, 0.3) is 5.82 Å². The highest BCUT2D eigenvalue weighted by molar-refractivity contribution is 5.76. The summed E-state index contributed by atoms with van der Waals surface area (Å²) in [6.07, 6.45) is 4.84. The molecule has 0 bridgehead atoms. The summed E-state index contributed by atoms with van der Waals surface area (Å²) < 4.78 is 0.